The Balaban J connectivity index is 1.86. The van der Waals surface area contributed by atoms with E-state index in [1.165, 1.54) is 35.2 Å². The number of amides is 1. The molecule has 0 atom stereocenters. The molecule has 1 heterocycles. The first-order valence-electron chi connectivity index (χ1n) is 9.16. The Kier molecular flexibility index (Phi) is 7.10. The number of thiazole rings is 1. The van der Waals surface area contributed by atoms with E-state index in [1.54, 1.807) is 24.1 Å². The predicted molar refractivity (Wildman–Crippen MR) is 119 cm³/mol. The van der Waals surface area contributed by atoms with Crippen LogP contribution in [0.2, 0.25) is 0 Å². The molecule has 0 fully saturated rings. The molecule has 1 amide bonds. The number of anilines is 1. The number of hydrogen-bond donors (Lipinski definition) is 0. The Morgan fingerprint density at radius 2 is 1.90 bits per heavy atom. The maximum Gasteiger partial charge on any atom is 0.239 e. The smallest absolute Gasteiger partial charge is 0.239 e. The van der Waals surface area contributed by atoms with Crippen molar-refractivity contribution >= 4 is 44.4 Å². The summed E-state index contributed by atoms with van der Waals surface area (Å²) in [5.74, 6) is 0.642. The third-order valence-corrected chi connectivity index (χ3v) is 6.60. The van der Waals surface area contributed by atoms with E-state index in [0.29, 0.717) is 17.4 Å². The number of methoxy groups -OCH3 is 1. The van der Waals surface area contributed by atoms with Crippen molar-refractivity contribution in [1.82, 2.24) is 9.88 Å². The van der Waals surface area contributed by atoms with Crippen molar-refractivity contribution < 1.29 is 13.9 Å². The summed E-state index contributed by atoms with van der Waals surface area (Å²) in [5.41, 5.74) is 1.88. The Hall–Kier alpha value is -2.16. The van der Waals surface area contributed by atoms with Gasteiger partial charge in [0.2, 0.25) is 5.91 Å². The number of thioether (sulfide) groups is 1. The van der Waals surface area contributed by atoms with Gasteiger partial charge >= 0.3 is 0 Å². The van der Waals surface area contributed by atoms with Gasteiger partial charge in [0, 0.05) is 18.0 Å². The van der Waals surface area contributed by atoms with Gasteiger partial charge in [0.1, 0.15) is 17.1 Å². The molecule has 0 N–H and O–H groups in total. The first-order valence-corrected chi connectivity index (χ1v) is 11.0. The van der Waals surface area contributed by atoms with Gasteiger partial charge in [-0.3, -0.25) is 9.69 Å². The fourth-order valence-corrected chi connectivity index (χ4v) is 4.63. The van der Waals surface area contributed by atoms with Gasteiger partial charge < -0.3 is 9.64 Å². The summed E-state index contributed by atoms with van der Waals surface area (Å²) in [4.78, 5) is 22.4. The molecular formula is C21H24FN3O2S2. The lowest BCUT2D eigenvalue weighted by atomic mass is 10.2. The van der Waals surface area contributed by atoms with Crippen molar-refractivity contribution in [2.24, 2.45) is 0 Å². The maximum atomic E-state index is 13.1. The van der Waals surface area contributed by atoms with Crippen LogP contribution in [-0.2, 0) is 4.79 Å². The van der Waals surface area contributed by atoms with E-state index in [2.05, 4.69) is 0 Å². The highest BCUT2D eigenvalue weighted by molar-refractivity contribution is 8.00. The van der Waals surface area contributed by atoms with Crippen LogP contribution in [0.4, 0.5) is 9.52 Å². The lowest BCUT2D eigenvalue weighted by Crippen LogP contribution is -2.37. The topological polar surface area (TPSA) is 45.7 Å². The molecule has 8 heteroatoms. The first kappa shape index (κ1) is 21.5. The summed E-state index contributed by atoms with van der Waals surface area (Å²) in [5, 5.41) is 0.666. The number of halogens is 1. The van der Waals surface area contributed by atoms with Crippen LogP contribution < -0.4 is 9.64 Å². The fraction of sp³-hybridized carbons (Fsp3) is 0.333. The van der Waals surface area contributed by atoms with Crippen molar-refractivity contribution in [3.8, 4) is 5.75 Å². The van der Waals surface area contributed by atoms with Gasteiger partial charge in [-0.15, -0.1) is 11.8 Å². The van der Waals surface area contributed by atoms with Crippen LogP contribution in [0.5, 0.6) is 5.75 Å². The number of hydrogen-bond acceptors (Lipinski definition) is 6. The van der Waals surface area contributed by atoms with Crippen molar-refractivity contribution in [3.05, 3.63) is 47.8 Å². The molecule has 5 nitrogen and oxygen atoms in total. The molecule has 0 radical (unpaired) electrons. The third kappa shape index (κ3) is 5.26. The van der Waals surface area contributed by atoms with E-state index < -0.39 is 0 Å². The lowest BCUT2D eigenvalue weighted by Gasteiger charge is -2.21. The molecule has 0 spiro atoms. The lowest BCUT2D eigenvalue weighted by molar-refractivity contribution is -0.116. The molecule has 154 valence electrons. The molecule has 0 saturated heterocycles. The minimum atomic E-state index is -0.285. The summed E-state index contributed by atoms with van der Waals surface area (Å²) < 4.78 is 19.6. The highest BCUT2D eigenvalue weighted by Gasteiger charge is 2.22. The SMILES string of the molecule is COc1ccc(C)c2sc(N(CCN(C)C)C(=O)CSc3ccc(F)cc3)nc12. The van der Waals surface area contributed by atoms with Gasteiger partial charge in [-0.2, -0.15) is 0 Å². The number of carbonyl (C=O) groups excluding carboxylic acids is 1. The molecule has 3 rings (SSSR count). The maximum absolute atomic E-state index is 13.1. The van der Waals surface area contributed by atoms with E-state index in [-0.39, 0.29) is 17.5 Å². The van der Waals surface area contributed by atoms with Crippen LogP contribution >= 0.6 is 23.1 Å². The predicted octanol–water partition coefficient (Wildman–Crippen LogP) is 4.44. The number of ether oxygens (including phenoxy) is 1. The van der Waals surface area contributed by atoms with E-state index in [4.69, 9.17) is 9.72 Å². The minimum absolute atomic E-state index is 0.0307. The van der Waals surface area contributed by atoms with Gasteiger partial charge in [0.25, 0.3) is 0 Å². The summed E-state index contributed by atoms with van der Waals surface area (Å²) >= 11 is 2.89. The second kappa shape index (κ2) is 9.56. The molecule has 0 aliphatic rings. The van der Waals surface area contributed by atoms with Crippen LogP contribution in [0.3, 0.4) is 0 Å². The zero-order chi connectivity index (χ0) is 21.0. The number of likely N-dealkylation sites (N-methyl/N-ethyl adjacent to an activating group) is 1. The molecule has 29 heavy (non-hydrogen) atoms. The van der Waals surface area contributed by atoms with Gasteiger partial charge in [0.05, 0.1) is 17.6 Å². The van der Waals surface area contributed by atoms with Crippen LogP contribution in [0, 0.1) is 12.7 Å². The molecule has 0 bridgehead atoms. The van der Waals surface area contributed by atoms with E-state index >= 15 is 0 Å². The fourth-order valence-electron chi connectivity index (χ4n) is 2.76. The van der Waals surface area contributed by atoms with E-state index in [0.717, 1.165) is 27.2 Å². The van der Waals surface area contributed by atoms with Crippen LogP contribution in [0.15, 0.2) is 41.3 Å². The summed E-state index contributed by atoms with van der Waals surface area (Å²) in [6.07, 6.45) is 0. The number of aromatic nitrogens is 1. The standard InChI is InChI=1S/C21H24FN3O2S2/c1-14-5-10-17(27-4)19-20(14)29-21(23-19)25(12-11-24(2)3)18(26)13-28-16-8-6-15(22)7-9-16/h5-10H,11-13H2,1-4H3. The van der Waals surface area contributed by atoms with Gasteiger partial charge in [-0.25, -0.2) is 9.37 Å². The van der Waals surface area contributed by atoms with Gasteiger partial charge in [-0.1, -0.05) is 17.4 Å². The summed E-state index contributed by atoms with van der Waals surface area (Å²) in [6, 6.07) is 10.1. The number of carbonyl (C=O) groups is 1. The highest BCUT2D eigenvalue weighted by Crippen LogP contribution is 2.36. The second-order valence-electron chi connectivity index (χ2n) is 6.85. The molecule has 0 unspecified atom stereocenters. The van der Waals surface area contributed by atoms with E-state index in [9.17, 15) is 9.18 Å². The van der Waals surface area contributed by atoms with Crippen molar-refractivity contribution in [2.75, 3.05) is 44.9 Å². The monoisotopic (exact) mass is 433 g/mol. The largest absolute Gasteiger partial charge is 0.494 e. The number of fused-ring (bicyclic) bond motifs is 1. The molecular weight excluding hydrogens is 409 g/mol. The molecule has 1 aromatic heterocycles. The van der Waals surface area contributed by atoms with Gasteiger partial charge in [-0.05, 0) is 56.9 Å². The number of aryl methyl sites for hydroxylation is 1. The van der Waals surface area contributed by atoms with Crippen molar-refractivity contribution in [3.63, 3.8) is 0 Å². The minimum Gasteiger partial charge on any atom is -0.494 e. The Morgan fingerprint density at radius 3 is 2.55 bits per heavy atom. The Bertz CT molecular complexity index is 990. The zero-order valence-electron chi connectivity index (χ0n) is 16.9. The van der Waals surface area contributed by atoms with Crippen molar-refractivity contribution in [2.45, 2.75) is 11.8 Å². The molecule has 0 saturated carbocycles. The average Bonchev–Trinajstić information content (AvgIpc) is 3.14. The summed E-state index contributed by atoms with van der Waals surface area (Å²) in [6.45, 7) is 3.29. The number of rotatable bonds is 8. The normalized spacial score (nSPS) is 11.2. The van der Waals surface area contributed by atoms with Crippen molar-refractivity contribution in [1.29, 1.82) is 0 Å². The highest BCUT2D eigenvalue weighted by atomic mass is 32.2. The molecule has 3 aromatic rings. The average molecular weight is 434 g/mol. The number of benzene rings is 2. The van der Waals surface area contributed by atoms with Crippen LogP contribution in [0.1, 0.15) is 5.56 Å². The molecule has 0 aliphatic heterocycles. The number of nitrogens with zero attached hydrogens (tertiary/aromatic N) is 3. The van der Waals surface area contributed by atoms with Crippen LogP contribution in [-0.4, -0.2) is 55.8 Å². The van der Waals surface area contributed by atoms with E-state index in [1.807, 2.05) is 38.1 Å². The zero-order valence-corrected chi connectivity index (χ0v) is 18.6. The molecule has 0 aliphatic carbocycles. The molecule has 2 aromatic carbocycles. The first-order chi connectivity index (χ1) is 13.9. The van der Waals surface area contributed by atoms with Gasteiger partial charge in [0.15, 0.2) is 5.13 Å². The quantitative estimate of drug-likeness (QED) is 0.492. The Labute approximate surface area is 178 Å². The Morgan fingerprint density at radius 1 is 1.17 bits per heavy atom. The second-order valence-corrected chi connectivity index (χ2v) is 8.88. The van der Waals surface area contributed by atoms with Crippen LogP contribution in [0.25, 0.3) is 10.2 Å². The third-order valence-electron chi connectivity index (χ3n) is 4.39. The summed E-state index contributed by atoms with van der Waals surface area (Å²) in [7, 11) is 5.57.